The number of carbonyl (C=O) groups excluding carboxylic acids is 1. The molecule has 1 saturated heterocycles. The molecule has 4 aliphatic rings. The second kappa shape index (κ2) is 5.80. The molecule has 3 atom stereocenters. The van der Waals surface area contributed by atoms with Crippen LogP contribution in [-0.4, -0.2) is 49.6 Å². The number of hydrogen-bond donors (Lipinski definition) is 0. The van der Waals surface area contributed by atoms with Crippen molar-refractivity contribution < 1.29 is 14.3 Å². The first-order chi connectivity index (χ1) is 12.6. The lowest BCUT2D eigenvalue weighted by Gasteiger charge is -2.65. The van der Waals surface area contributed by atoms with Crippen molar-refractivity contribution in [1.29, 1.82) is 0 Å². The van der Waals surface area contributed by atoms with Gasteiger partial charge in [0.25, 0.3) is 0 Å². The minimum absolute atomic E-state index is 0.191. The van der Waals surface area contributed by atoms with Gasteiger partial charge < -0.3 is 9.47 Å². The quantitative estimate of drug-likeness (QED) is 0.832. The number of piperidine rings is 1. The third-order valence-corrected chi connectivity index (χ3v) is 7.69. The maximum Gasteiger partial charge on any atom is 0.134 e. The van der Waals surface area contributed by atoms with Crippen LogP contribution in [0.5, 0.6) is 5.75 Å². The number of nitrogens with zero attached hydrogens (tertiary/aromatic N) is 1. The standard InChI is InChI=1S/C22H29NO3/c1-25-18-6-5-16-11-20-22(26-2)8-7-17(24)13-21(22,19(16)12-18)9-10-23(20)14-15-3-4-15/h5-6,12,15,20H,3-4,7-11,13-14H2,1-2H3/t20-,21-,22?/m1/s1. The molecule has 1 heterocycles. The fourth-order valence-electron chi connectivity index (χ4n) is 6.26. The lowest BCUT2D eigenvalue weighted by atomic mass is 9.49. The van der Waals surface area contributed by atoms with Gasteiger partial charge in [-0.2, -0.15) is 0 Å². The van der Waals surface area contributed by atoms with Crippen LogP contribution < -0.4 is 4.74 Å². The van der Waals surface area contributed by atoms with E-state index < -0.39 is 0 Å². The van der Waals surface area contributed by atoms with Crippen molar-refractivity contribution in [2.45, 2.75) is 62.0 Å². The highest BCUT2D eigenvalue weighted by atomic mass is 16.5. The van der Waals surface area contributed by atoms with Crippen LogP contribution in [0.4, 0.5) is 0 Å². The lowest BCUT2D eigenvalue weighted by Crippen LogP contribution is -2.74. The molecule has 3 fully saturated rings. The van der Waals surface area contributed by atoms with Crippen molar-refractivity contribution >= 4 is 5.78 Å². The molecule has 1 unspecified atom stereocenters. The Hall–Kier alpha value is -1.39. The van der Waals surface area contributed by atoms with Gasteiger partial charge in [0.05, 0.1) is 12.7 Å². The highest BCUT2D eigenvalue weighted by molar-refractivity contribution is 5.82. The number of hydrogen-bond acceptors (Lipinski definition) is 4. The summed E-state index contributed by atoms with van der Waals surface area (Å²) in [5.74, 6) is 2.15. The molecule has 0 N–H and O–H groups in total. The van der Waals surface area contributed by atoms with Gasteiger partial charge in [-0.25, -0.2) is 0 Å². The molecule has 2 saturated carbocycles. The molecule has 2 bridgehead atoms. The third-order valence-electron chi connectivity index (χ3n) is 7.69. The molecule has 0 aromatic heterocycles. The fourth-order valence-corrected chi connectivity index (χ4v) is 6.26. The summed E-state index contributed by atoms with van der Waals surface area (Å²) in [6, 6.07) is 6.87. The zero-order chi connectivity index (χ0) is 17.9. The van der Waals surface area contributed by atoms with Gasteiger partial charge in [-0.3, -0.25) is 9.69 Å². The Kier molecular flexibility index (Phi) is 3.74. The van der Waals surface area contributed by atoms with E-state index in [2.05, 4.69) is 23.1 Å². The monoisotopic (exact) mass is 355 g/mol. The van der Waals surface area contributed by atoms with E-state index >= 15 is 0 Å². The largest absolute Gasteiger partial charge is 0.497 e. The van der Waals surface area contributed by atoms with E-state index in [1.165, 1.54) is 30.5 Å². The van der Waals surface area contributed by atoms with Crippen LogP contribution in [0.25, 0.3) is 0 Å². The van der Waals surface area contributed by atoms with E-state index in [1.807, 2.05) is 7.11 Å². The van der Waals surface area contributed by atoms with Crippen molar-refractivity contribution in [2.75, 3.05) is 27.3 Å². The summed E-state index contributed by atoms with van der Waals surface area (Å²) in [6.07, 6.45) is 6.91. The molecule has 1 aliphatic heterocycles. The van der Waals surface area contributed by atoms with E-state index in [-0.39, 0.29) is 11.0 Å². The van der Waals surface area contributed by atoms with Crippen LogP contribution in [0, 0.1) is 5.92 Å². The van der Waals surface area contributed by atoms with Crippen molar-refractivity contribution in [2.24, 2.45) is 5.92 Å². The summed E-state index contributed by atoms with van der Waals surface area (Å²) in [4.78, 5) is 15.3. The van der Waals surface area contributed by atoms with E-state index in [0.29, 0.717) is 24.7 Å². The van der Waals surface area contributed by atoms with Gasteiger partial charge in [-0.1, -0.05) is 6.07 Å². The van der Waals surface area contributed by atoms with Crippen molar-refractivity contribution in [3.05, 3.63) is 29.3 Å². The Balaban J connectivity index is 1.67. The van der Waals surface area contributed by atoms with Crippen LogP contribution >= 0.6 is 0 Å². The van der Waals surface area contributed by atoms with Crippen LogP contribution in [0.1, 0.15) is 49.7 Å². The average Bonchev–Trinajstić information content (AvgIpc) is 3.47. The molecule has 26 heavy (non-hydrogen) atoms. The Labute approximate surface area is 155 Å². The molecule has 5 rings (SSSR count). The number of rotatable bonds is 4. The lowest BCUT2D eigenvalue weighted by molar-refractivity contribution is -0.187. The fraction of sp³-hybridized carbons (Fsp3) is 0.682. The summed E-state index contributed by atoms with van der Waals surface area (Å²) < 4.78 is 12.0. The normalized spacial score (nSPS) is 36.4. The Morgan fingerprint density at radius 3 is 2.81 bits per heavy atom. The summed E-state index contributed by atoms with van der Waals surface area (Å²) in [5, 5.41) is 0. The van der Waals surface area contributed by atoms with Crippen molar-refractivity contribution in [1.82, 2.24) is 4.90 Å². The van der Waals surface area contributed by atoms with Gasteiger partial charge in [0, 0.05) is 38.0 Å². The molecular formula is C22H29NO3. The maximum absolute atomic E-state index is 12.6. The number of likely N-dealkylation sites (tertiary alicyclic amines) is 1. The maximum atomic E-state index is 12.6. The third kappa shape index (κ3) is 2.18. The highest BCUT2D eigenvalue weighted by Crippen LogP contribution is 2.59. The zero-order valence-corrected chi connectivity index (χ0v) is 15.9. The van der Waals surface area contributed by atoms with Gasteiger partial charge in [0.2, 0.25) is 0 Å². The van der Waals surface area contributed by atoms with E-state index in [0.717, 1.165) is 37.5 Å². The number of carbonyl (C=O) groups is 1. The van der Waals surface area contributed by atoms with E-state index in [1.54, 1.807) is 7.11 Å². The number of Topliss-reactive ketones (excluding diaryl/α,β-unsaturated/α-hetero) is 1. The topological polar surface area (TPSA) is 38.8 Å². The molecule has 0 radical (unpaired) electrons. The smallest absolute Gasteiger partial charge is 0.134 e. The first-order valence-electron chi connectivity index (χ1n) is 10.1. The van der Waals surface area contributed by atoms with Crippen LogP contribution in [-0.2, 0) is 21.4 Å². The van der Waals surface area contributed by atoms with Crippen LogP contribution in [0.15, 0.2) is 18.2 Å². The minimum atomic E-state index is -0.243. The predicted octanol–water partition coefficient (Wildman–Crippen LogP) is 3.11. The molecule has 3 aliphatic carbocycles. The predicted molar refractivity (Wildman–Crippen MR) is 99.7 cm³/mol. The van der Waals surface area contributed by atoms with Gasteiger partial charge in [-0.15, -0.1) is 0 Å². The first kappa shape index (κ1) is 16.8. The summed E-state index contributed by atoms with van der Waals surface area (Å²) >= 11 is 0. The second-order valence-corrected chi connectivity index (χ2v) is 8.82. The molecule has 4 heteroatoms. The SMILES string of the molecule is COc1ccc2c(c1)[C@]13CCN(CC4CC4)[C@H](C2)C1(OC)CCC(=O)C3. The Bertz CT molecular complexity index is 743. The van der Waals surface area contributed by atoms with Gasteiger partial charge in [-0.05, 0) is 67.8 Å². The summed E-state index contributed by atoms with van der Waals surface area (Å²) in [7, 11) is 3.60. The van der Waals surface area contributed by atoms with Crippen molar-refractivity contribution in [3.8, 4) is 5.75 Å². The highest BCUT2D eigenvalue weighted by Gasteiger charge is 2.66. The van der Waals surface area contributed by atoms with Crippen molar-refractivity contribution in [3.63, 3.8) is 0 Å². The van der Waals surface area contributed by atoms with Gasteiger partial charge in [0.1, 0.15) is 11.5 Å². The number of ether oxygens (including phenoxy) is 2. The number of methoxy groups -OCH3 is 2. The molecule has 0 amide bonds. The number of benzene rings is 1. The second-order valence-electron chi connectivity index (χ2n) is 8.82. The van der Waals surface area contributed by atoms with Gasteiger partial charge in [0.15, 0.2) is 0 Å². The molecule has 140 valence electrons. The van der Waals surface area contributed by atoms with E-state index in [4.69, 9.17) is 9.47 Å². The molecule has 1 aromatic rings. The first-order valence-corrected chi connectivity index (χ1v) is 10.1. The average molecular weight is 355 g/mol. The van der Waals surface area contributed by atoms with Crippen LogP contribution in [0.3, 0.4) is 0 Å². The van der Waals surface area contributed by atoms with Crippen LogP contribution in [0.2, 0.25) is 0 Å². The molecular weight excluding hydrogens is 326 g/mol. The zero-order valence-electron chi connectivity index (χ0n) is 15.9. The summed E-state index contributed by atoms with van der Waals surface area (Å²) in [6.45, 7) is 2.28. The Morgan fingerprint density at radius 2 is 2.08 bits per heavy atom. The minimum Gasteiger partial charge on any atom is -0.497 e. The number of ketones is 1. The molecule has 0 spiro atoms. The Morgan fingerprint density at radius 1 is 1.23 bits per heavy atom. The van der Waals surface area contributed by atoms with Gasteiger partial charge >= 0.3 is 0 Å². The molecule has 4 nitrogen and oxygen atoms in total. The summed E-state index contributed by atoms with van der Waals surface area (Å²) in [5.41, 5.74) is 2.27. The molecule has 1 aromatic carbocycles. The number of fused-ring (bicyclic) bond motifs is 1. The van der Waals surface area contributed by atoms with E-state index in [9.17, 15) is 4.79 Å².